The lowest BCUT2D eigenvalue weighted by molar-refractivity contribution is 0.601. The van der Waals surface area contributed by atoms with Gasteiger partial charge in [0.15, 0.2) is 0 Å². The highest BCUT2D eigenvalue weighted by Crippen LogP contribution is 2.14. The SMILES string of the molecule is CC(N)(C#N)Cc1cccs1. The Morgan fingerprint density at radius 2 is 2.55 bits per heavy atom. The number of nitrogens with two attached hydrogens (primary N) is 1. The minimum absolute atomic E-state index is 0.640. The standard InChI is InChI=1S/C8H10N2S/c1-8(10,6-9)5-7-3-2-4-11-7/h2-4H,5,10H2,1H3. The van der Waals surface area contributed by atoms with Crippen LogP contribution in [0.3, 0.4) is 0 Å². The van der Waals surface area contributed by atoms with Gasteiger partial charge in [0.05, 0.1) is 6.07 Å². The number of rotatable bonds is 2. The lowest BCUT2D eigenvalue weighted by Gasteiger charge is -2.12. The lowest BCUT2D eigenvalue weighted by atomic mass is 10.0. The Bertz CT molecular complexity index is 256. The number of thiophene rings is 1. The Morgan fingerprint density at radius 1 is 1.82 bits per heavy atom. The minimum Gasteiger partial charge on any atom is -0.313 e. The van der Waals surface area contributed by atoms with Crippen molar-refractivity contribution in [1.29, 1.82) is 5.26 Å². The van der Waals surface area contributed by atoms with Crippen molar-refractivity contribution in [2.75, 3.05) is 0 Å². The van der Waals surface area contributed by atoms with Gasteiger partial charge in [-0.05, 0) is 18.4 Å². The summed E-state index contributed by atoms with van der Waals surface area (Å²) in [5, 5.41) is 10.6. The zero-order valence-corrected chi connectivity index (χ0v) is 7.19. The fraction of sp³-hybridized carbons (Fsp3) is 0.375. The van der Waals surface area contributed by atoms with Crippen LogP contribution in [-0.2, 0) is 6.42 Å². The van der Waals surface area contributed by atoms with E-state index >= 15 is 0 Å². The zero-order chi connectivity index (χ0) is 8.32. The second kappa shape index (κ2) is 3.04. The van der Waals surface area contributed by atoms with Crippen molar-refractivity contribution in [3.05, 3.63) is 22.4 Å². The minimum atomic E-state index is -0.717. The molecule has 0 fully saturated rings. The smallest absolute Gasteiger partial charge is 0.106 e. The molecule has 1 aromatic heterocycles. The van der Waals surface area contributed by atoms with Gasteiger partial charge >= 0.3 is 0 Å². The van der Waals surface area contributed by atoms with Crippen molar-refractivity contribution in [3.63, 3.8) is 0 Å². The average molecular weight is 166 g/mol. The maximum atomic E-state index is 8.62. The Kier molecular flexibility index (Phi) is 2.28. The molecule has 1 rings (SSSR count). The summed E-state index contributed by atoms with van der Waals surface area (Å²) in [4.78, 5) is 1.16. The molecule has 1 atom stereocenters. The van der Waals surface area contributed by atoms with Gasteiger partial charge in [-0.1, -0.05) is 6.07 Å². The molecule has 1 unspecified atom stereocenters. The van der Waals surface area contributed by atoms with Gasteiger partial charge in [-0.15, -0.1) is 11.3 Å². The molecule has 58 valence electrons. The lowest BCUT2D eigenvalue weighted by Crippen LogP contribution is -2.36. The molecule has 11 heavy (non-hydrogen) atoms. The molecule has 0 aliphatic carbocycles. The van der Waals surface area contributed by atoms with E-state index in [1.807, 2.05) is 17.5 Å². The van der Waals surface area contributed by atoms with Crippen molar-refractivity contribution in [1.82, 2.24) is 0 Å². The van der Waals surface area contributed by atoms with Crippen molar-refractivity contribution in [3.8, 4) is 6.07 Å². The van der Waals surface area contributed by atoms with Crippen LogP contribution in [-0.4, -0.2) is 5.54 Å². The van der Waals surface area contributed by atoms with Crippen molar-refractivity contribution < 1.29 is 0 Å². The largest absolute Gasteiger partial charge is 0.313 e. The number of hydrogen-bond acceptors (Lipinski definition) is 3. The van der Waals surface area contributed by atoms with Gasteiger partial charge < -0.3 is 5.73 Å². The molecule has 0 saturated carbocycles. The van der Waals surface area contributed by atoms with E-state index in [0.717, 1.165) is 4.88 Å². The molecule has 1 aromatic rings. The van der Waals surface area contributed by atoms with Crippen LogP contribution in [0.5, 0.6) is 0 Å². The summed E-state index contributed by atoms with van der Waals surface area (Å²) in [6.07, 6.45) is 0.640. The molecule has 3 heteroatoms. The molecular weight excluding hydrogens is 156 g/mol. The van der Waals surface area contributed by atoms with E-state index in [2.05, 4.69) is 6.07 Å². The van der Waals surface area contributed by atoms with Crippen LogP contribution in [0, 0.1) is 11.3 Å². The highest BCUT2D eigenvalue weighted by atomic mass is 32.1. The Balaban J connectivity index is 2.65. The van der Waals surface area contributed by atoms with E-state index in [-0.39, 0.29) is 0 Å². The van der Waals surface area contributed by atoms with Gasteiger partial charge in [0.25, 0.3) is 0 Å². The summed E-state index contributed by atoms with van der Waals surface area (Å²) in [5.41, 5.74) is 4.94. The van der Waals surface area contributed by atoms with Crippen LogP contribution in [0.25, 0.3) is 0 Å². The first-order valence-electron chi connectivity index (χ1n) is 3.36. The number of hydrogen-bond donors (Lipinski definition) is 1. The van der Waals surface area contributed by atoms with Gasteiger partial charge in [0, 0.05) is 11.3 Å². The summed E-state index contributed by atoms with van der Waals surface area (Å²) in [5.74, 6) is 0. The van der Waals surface area contributed by atoms with Crippen LogP contribution in [0.2, 0.25) is 0 Å². The molecule has 0 bridgehead atoms. The first kappa shape index (κ1) is 8.25. The second-order valence-corrected chi connectivity index (χ2v) is 3.82. The predicted molar refractivity (Wildman–Crippen MR) is 46.2 cm³/mol. The van der Waals surface area contributed by atoms with Gasteiger partial charge in [-0.25, -0.2) is 0 Å². The average Bonchev–Trinajstić information content (AvgIpc) is 2.39. The van der Waals surface area contributed by atoms with Crippen molar-refractivity contribution in [2.45, 2.75) is 18.9 Å². The zero-order valence-electron chi connectivity index (χ0n) is 6.37. The fourth-order valence-electron chi connectivity index (χ4n) is 0.815. The summed E-state index contributed by atoms with van der Waals surface area (Å²) in [6, 6.07) is 6.02. The quantitative estimate of drug-likeness (QED) is 0.724. The fourth-order valence-corrected chi connectivity index (χ4v) is 1.69. The molecule has 2 N–H and O–H groups in total. The Hall–Kier alpha value is -0.850. The van der Waals surface area contributed by atoms with Crippen LogP contribution < -0.4 is 5.73 Å². The second-order valence-electron chi connectivity index (χ2n) is 2.79. The molecule has 0 radical (unpaired) electrons. The van der Waals surface area contributed by atoms with Gasteiger partial charge in [-0.2, -0.15) is 5.26 Å². The van der Waals surface area contributed by atoms with Crippen LogP contribution in [0.1, 0.15) is 11.8 Å². The van der Waals surface area contributed by atoms with Crippen LogP contribution in [0.4, 0.5) is 0 Å². The van der Waals surface area contributed by atoms with Crippen molar-refractivity contribution >= 4 is 11.3 Å². The first-order chi connectivity index (χ1) is 5.14. The molecule has 0 amide bonds. The summed E-state index contributed by atoms with van der Waals surface area (Å²) in [7, 11) is 0. The predicted octanol–water partition coefficient (Wildman–Crippen LogP) is 1.53. The van der Waals surface area contributed by atoms with E-state index < -0.39 is 5.54 Å². The molecule has 0 aromatic carbocycles. The van der Waals surface area contributed by atoms with E-state index in [1.54, 1.807) is 18.3 Å². The third kappa shape index (κ3) is 2.34. The molecule has 1 heterocycles. The molecule has 0 saturated heterocycles. The van der Waals surface area contributed by atoms with Crippen LogP contribution in [0.15, 0.2) is 17.5 Å². The van der Waals surface area contributed by atoms with E-state index in [4.69, 9.17) is 11.0 Å². The summed E-state index contributed by atoms with van der Waals surface area (Å²) >= 11 is 1.63. The molecular formula is C8H10N2S. The topological polar surface area (TPSA) is 49.8 Å². The molecule has 0 aliphatic rings. The maximum absolute atomic E-state index is 8.62. The Labute approximate surface area is 70.3 Å². The van der Waals surface area contributed by atoms with Gasteiger partial charge in [0.2, 0.25) is 0 Å². The highest BCUT2D eigenvalue weighted by Gasteiger charge is 2.17. The normalized spacial score (nSPS) is 15.4. The first-order valence-corrected chi connectivity index (χ1v) is 4.24. The third-order valence-corrected chi connectivity index (χ3v) is 2.25. The summed E-state index contributed by atoms with van der Waals surface area (Å²) < 4.78 is 0. The third-order valence-electron chi connectivity index (χ3n) is 1.38. The van der Waals surface area contributed by atoms with Crippen molar-refractivity contribution in [2.24, 2.45) is 5.73 Å². The summed E-state index contributed by atoms with van der Waals surface area (Å²) in [6.45, 7) is 1.74. The van der Waals surface area contributed by atoms with E-state index in [0.29, 0.717) is 6.42 Å². The highest BCUT2D eigenvalue weighted by molar-refractivity contribution is 7.09. The number of nitriles is 1. The van der Waals surface area contributed by atoms with E-state index in [1.165, 1.54) is 0 Å². The van der Waals surface area contributed by atoms with E-state index in [9.17, 15) is 0 Å². The molecule has 0 aliphatic heterocycles. The number of nitrogens with zero attached hydrogens (tertiary/aromatic N) is 1. The maximum Gasteiger partial charge on any atom is 0.106 e. The molecule has 0 spiro atoms. The van der Waals surface area contributed by atoms with Gasteiger partial charge in [0.1, 0.15) is 5.54 Å². The van der Waals surface area contributed by atoms with Crippen LogP contribution >= 0.6 is 11.3 Å². The van der Waals surface area contributed by atoms with Gasteiger partial charge in [-0.3, -0.25) is 0 Å². The monoisotopic (exact) mass is 166 g/mol. The molecule has 2 nitrogen and oxygen atoms in total. The Morgan fingerprint density at radius 3 is 3.00 bits per heavy atom.